The van der Waals surface area contributed by atoms with Crippen molar-refractivity contribution in [2.24, 2.45) is 0 Å². The molecule has 1 saturated heterocycles. The molecule has 198 valence electrons. The van der Waals surface area contributed by atoms with Gasteiger partial charge in [-0.05, 0) is 42.4 Å². The van der Waals surface area contributed by atoms with Crippen LogP contribution in [0.2, 0.25) is 0 Å². The van der Waals surface area contributed by atoms with Crippen LogP contribution in [0.5, 0.6) is 0 Å². The van der Waals surface area contributed by atoms with Crippen LogP contribution in [-0.4, -0.2) is 65.4 Å². The maximum atomic E-state index is 13.9. The first-order valence-corrected chi connectivity index (χ1v) is 12.3. The first-order valence-electron chi connectivity index (χ1n) is 12.3. The summed E-state index contributed by atoms with van der Waals surface area (Å²) < 4.78 is 41.8. The lowest BCUT2D eigenvalue weighted by Crippen LogP contribution is -2.45. The van der Waals surface area contributed by atoms with E-state index in [1.165, 1.54) is 18.3 Å². The highest BCUT2D eigenvalue weighted by Crippen LogP contribution is 2.33. The summed E-state index contributed by atoms with van der Waals surface area (Å²) in [5.41, 5.74) is 1.37. The van der Waals surface area contributed by atoms with E-state index in [2.05, 4.69) is 44.3 Å². The molecule has 0 aliphatic carbocycles. The fraction of sp³-hybridized carbons (Fsp3) is 0.321. The summed E-state index contributed by atoms with van der Waals surface area (Å²) in [5, 5.41) is 5.57. The molecule has 0 saturated carbocycles. The van der Waals surface area contributed by atoms with Crippen molar-refractivity contribution < 1.29 is 18.0 Å². The summed E-state index contributed by atoms with van der Waals surface area (Å²) in [7, 11) is 1.78. The molecule has 38 heavy (non-hydrogen) atoms. The molecule has 0 atom stereocenters. The van der Waals surface area contributed by atoms with E-state index >= 15 is 0 Å². The lowest BCUT2D eigenvalue weighted by atomic mass is 10.0. The molecule has 2 N–H and O–H groups in total. The van der Waals surface area contributed by atoms with Crippen molar-refractivity contribution >= 4 is 17.4 Å². The minimum atomic E-state index is -4.58. The molecule has 0 bridgehead atoms. The highest BCUT2D eigenvalue weighted by Gasteiger charge is 2.34. The molecule has 2 aromatic heterocycles. The van der Waals surface area contributed by atoms with Gasteiger partial charge >= 0.3 is 6.18 Å². The zero-order valence-corrected chi connectivity index (χ0v) is 21.3. The van der Waals surface area contributed by atoms with Gasteiger partial charge < -0.3 is 15.5 Å². The van der Waals surface area contributed by atoms with Crippen molar-refractivity contribution in [3.05, 3.63) is 82.8 Å². The SMILES string of the molecule is CCN1CCN(Cc2ccc(C(=O)Nc3cc(C#Cc4cncc(NC)c4)ccn3)cc2C(F)(F)F)CC1. The Balaban J connectivity index is 1.48. The number of hydrogen-bond donors (Lipinski definition) is 2. The number of nitrogens with one attached hydrogen (secondary N) is 2. The molecule has 7 nitrogen and oxygen atoms in total. The van der Waals surface area contributed by atoms with Gasteiger partial charge in [0.15, 0.2) is 0 Å². The third kappa shape index (κ3) is 7.09. The van der Waals surface area contributed by atoms with Crippen LogP contribution in [0.4, 0.5) is 24.7 Å². The number of amides is 1. The Hall–Kier alpha value is -3.94. The van der Waals surface area contributed by atoms with E-state index in [1.54, 1.807) is 31.6 Å². The van der Waals surface area contributed by atoms with Gasteiger partial charge in [-0.3, -0.25) is 14.7 Å². The van der Waals surface area contributed by atoms with Crippen LogP contribution in [0.15, 0.2) is 55.0 Å². The van der Waals surface area contributed by atoms with Gasteiger partial charge in [-0.2, -0.15) is 13.2 Å². The second-order valence-electron chi connectivity index (χ2n) is 8.93. The van der Waals surface area contributed by atoms with Gasteiger partial charge in [0.1, 0.15) is 5.82 Å². The average Bonchev–Trinajstić information content (AvgIpc) is 2.92. The first-order chi connectivity index (χ1) is 18.2. The lowest BCUT2D eigenvalue weighted by Gasteiger charge is -2.34. The lowest BCUT2D eigenvalue weighted by molar-refractivity contribution is -0.138. The molecule has 1 aliphatic rings. The summed E-state index contributed by atoms with van der Waals surface area (Å²) in [6, 6.07) is 8.82. The van der Waals surface area contributed by atoms with Crippen molar-refractivity contribution in [1.29, 1.82) is 0 Å². The van der Waals surface area contributed by atoms with Crippen molar-refractivity contribution in [3.8, 4) is 11.8 Å². The highest BCUT2D eigenvalue weighted by molar-refractivity contribution is 6.04. The molecule has 4 rings (SSSR count). The number of alkyl halides is 3. The first kappa shape index (κ1) is 27.1. The number of halogens is 3. The van der Waals surface area contributed by atoms with Gasteiger partial charge in [0, 0.05) is 68.9 Å². The summed E-state index contributed by atoms with van der Waals surface area (Å²) >= 11 is 0. The summed E-state index contributed by atoms with van der Waals surface area (Å²) in [5.74, 6) is 5.49. The largest absolute Gasteiger partial charge is 0.416 e. The Morgan fingerprint density at radius 3 is 2.45 bits per heavy atom. The zero-order valence-electron chi connectivity index (χ0n) is 21.3. The van der Waals surface area contributed by atoms with Crippen LogP contribution in [-0.2, 0) is 12.7 Å². The van der Waals surface area contributed by atoms with Gasteiger partial charge in [0.2, 0.25) is 0 Å². The third-order valence-electron chi connectivity index (χ3n) is 6.36. The summed E-state index contributed by atoms with van der Waals surface area (Å²) in [6.45, 7) is 6.25. The number of anilines is 2. The minimum absolute atomic E-state index is 0.0925. The van der Waals surface area contributed by atoms with E-state index in [1.807, 2.05) is 11.0 Å². The van der Waals surface area contributed by atoms with Crippen LogP contribution < -0.4 is 10.6 Å². The minimum Gasteiger partial charge on any atom is -0.387 e. The number of pyridine rings is 2. The van der Waals surface area contributed by atoms with E-state index in [4.69, 9.17) is 0 Å². The van der Waals surface area contributed by atoms with Gasteiger partial charge in [-0.1, -0.05) is 24.8 Å². The molecule has 1 amide bonds. The molecular weight excluding hydrogens is 493 g/mol. The molecule has 1 aliphatic heterocycles. The monoisotopic (exact) mass is 522 g/mol. The fourth-order valence-electron chi connectivity index (χ4n) is 4.18. The van der Waals surface area contributed by atoms with E-state index < -0.39 is 17.6 Å². The number of aromatic nitrogens is 2. The number of rotatable bonds is 6. The summed E-state index contributed by atoms with van der Waals surface area (Å²) in [6.07, 6.45) is 0.203. The topological polar surface area (TPSA) is 73.4 Å². The predicted octanol–water partition coefficient (Wildman–Crippen LogP) is 4.33. The van der Waals surface area contributed by atoms with Crippen LogP contribution >= 0.6 is 0 Å². The van der Waals surface area contributed by atoms with Gasteiger partial charge in [-0.25, -0.2) is 4.98 Å². The Labute approximate surface area is 220 Å². The Morgan fingerprint density at radius 2 is 1.74 bits per heavy atom. The number of nitrogens with zero attached hydrogens (tertiary/aromatic N) is 4. The van der Waals surface area contributed by atoms with E-state index in [-0.39, 0.29) is 23.5 Å². The Kier molecular flexibility index (Phi) is 8.61. The molecule has 3 aromatic rings. The standard InChI is InChI=1S/C28H29F3N6O/c1-3-36-10-12-37(13-11-36)19-23-7-6-22(16-25(23)28(29,30)31)27(38)35-26-15-20(8-9-34-26)4-5-21-14-24(32-2)18-33-17-21/h6-9,14-18,32H,3,10-13,19H2,1-2H3,(H,34,35,38). The second-order valence-corrected chi connectivity index (χ2v) is 8.93. The van der Waals surface area contributed by atoms with Crippen LogP contribution in [0, 0.1) is 11.8 Å². The smallest absolute Gasteiger partial charge is 0.387 e. The van der Waals surface area contributed by atoms with E-state index in [0.29, 0.717) is 24.2 Å². The van der Waals surface area contributed by atoms with Crippen LogP contribution in [0.1, 0.15) is 39.5 Å². The van der Waals surface area contributed by atoms with E-state index in [0.717, 1.165) is 31.4 Å². The number of hydrogen-bond acceptors (Lipinski definition) is 6. The second kappa shape index (κ2) is 12.1. The third-order valence-corrected chi connectivity index (χ3v) is 6.36. The van der Waals surface area contributed by atoms with Crippen LogP contribution in [0.25, 0.3) is 0 Å². The quantitative estimate of drug-likeness (QED) is 0.470. The number of benzene rings is 1. The molecule has 1 aromatic carbocycles. The van der Waals surface area contributed by atoms with E-state index in [9.17, 15) is 18.0 Å². The predicted molar refractivity (Wildman–Crippen MR) is 141 cm³/mol. The van der Waals surface area contributed by atoms with Gasteiger partial charge in [-0.15, -0.1) is 0 Å². The number of carbonyl (C=O) groups excluding carboxylic acids is 1. The summed E-state index contributed by atoms with van der Waals surface area (Å²) in [4.78, 5) is 25.3. The van der Waals surface area contributed by atoms with Crippen molar-refractivity contribution in [1.82, 2.24) is 19.8 Å². The maximum Gasteiger partial charge on any atom is 0.416 e. The van der Waals surface area contributed by atoms with Crippen molar-refractivity contribution in [2.75, 3.05) is 50.4 Å². The Morgan fingerprint density at radius 1 is 1.00 bits per heavy atom. The Bertz CT molecular complexity index is 1340. The molecular formula is C28H29F3N6O. The maximum absolute atomic E-state index is 13.9. The fourth-order valence-corrected chi connectivity index (χ4v) is 4.18. The highest BCUT2D eigenvalue weighted by atomic mass is 19.4. The number of likely N-dealkylation sites (N-methyl/N-ethyl adjacent to an activating group) is 1. The van der Waals surface area contributed by atoms with Crippen molar-refractivity contribution in [3.63, 3.8) is 0 Å². The van der Waals surface area contributed by atoms with Gasteiger partial charge in [0.25, 0.3) is 5.91 Å². The molecule has 3 heterocycles. The van der Waals surface area contributed by atoms with Gasteiger partial charge in [0.05, 0.1) is 17.4 Å². The zero-order chi connectivity index (χ0) is 27.1. The molecule has 10 heteroatoms. The number of piperazine rings is 1. The number of carbonyl (C=O) groups is 1. The molecule has 0 spiro atoms. The van der Waals surface area contributed by atoms with Crippen molar-refractivity contribution in [2.45, 2.75) is 19.6 Å². The molecule has 0 radical (unpaired) electrons. The average molecular weight is 523 g/mol. The molecule has 1 fully saturated rings. The van der Waals surface area contributed by atoms with Crippen LogP contribution in [0.3, 0.4) is 0 Å². The normalized spacial score (nSPS) is 14.4. The molecule has 0 unspecified atom stereocenters.